The maximum Gasteiger partial charge on any atom is 0.128 e. The zero-order valence-electron chi connectivity index (χ0n) is 11.1. The number of thioether (sulfide) groups is 1. The topological polar surface area (TPSA) is 46.2 Å². The van der Waals surface area contributed by atoms with Gasteiger partial charge in [0.1, 0.15) is 5.82 Å². The van der Waals surface area contributed by atoms with Gasteiger partial charge in [0.2, 0.25) is 0 Å². The Morgan fingerprint density at radius 1 is 1.37 bits per heavy atom. The highest BCUT2D eigenvalue weighted by Crippen LogP contribution is 2.23. The Morgan fingerprint density at radius 3 is 2.58 bits per heavy atom. The summed E-state index contributed by atoms with van der Waals surface area (Å²) < 4.78 is 21.3. The Kier molecular flexibility index (Phi) is 13.1. The summed E-state index contributed by atoms with van der Waals surface area (Å²) in [5.41, 5.74) is 5.89. The van der Waals surface area contributed by atoms with Gasteiger partial charge in [0.05, 0.1) is 0 Å². The molecule has 0 aliphatic carbocycles. The van der Waals surface area contributed by atoms with Crippen LogP contribution in [0.25, 0.3) is 0 Å². The van der Waals surface area contributed by atoms with Gasteiger partial charge in [0.15, 0.2) is 0 Å². The van der Waals surface area contributed by atoms with Gasteiger partial charge in [-0.1, -0.05) is 31.0 Å². The molecule has 0 radical (unpaired) electrons. The van der Waals surface area contributed by atoms with Gasteiger partial charge < -0.3 is 10.3 Å². The van der Waals surface area contributed by atoms with E-state index in [1.54, 1.807) is 23.9 Å². The Labute approximate surface area is 128 Å². The van der Waals surface area contributed by atoms with E-state index < -0.39 is 0 Å². The third-order valence-electron chi connectivity index (χ3n) is 2.16. The van der Waals surface area contributed by atoms with Crippen LogP contribution < -0.4 is 5.73 Å². The summed E-state index contributed by atoms with van der Waals surface area (Å²) in [6, 6.07) is 4.72. The van der Waals surface area contributed by atoms with Gasteiger partial charge in [-0.2, -0.15) is 11.8 Å². The molecule has 1 aromatic carbocycles. The lowest BCUT2D eigenvalue weighted by molar-refractivity contribution is 0.617. The van der Waals surface area contributed by atoms with Gasteiger partial charge in [-0.15, -0.1) is 0 Å². The van der Waals surface area contributed by atoms with E-state index in [1.165, 1.54) is 12.5 Å². The van der Waals surface area contributed by atoms with E-state index in [1.807, 2.05) is 0 Å². The van der Waals surface area contributed by atoms with Gasteiger partial charge in [-0.05, 0) is 30.6 Å². The monoisotopic (exact) mass is 325 g/mol. The number of halogens is 2. The fraction of sp³-hybridized carbons (Fsp3) is 0.538. The molecular weight excluding hydrogens is 305 g/mol. The minimum atomic E-state index is -0.239. The first kappa shape index (κ1) is 19.1. The molecular formula is C13H21ClFNOS2. The van der Waals surface area contributed by atoms with Crippen molar-refractivity contribution in [3.8, 4) is 0 Å². The first-order valence-corrected chi connectivity index (χ1v) is 8.61. The molecule has 3 N–H and O–H groups in total. The quantitative estimate of drug-likeness (QED) is 0.565. The van der Waals surface area contributed by atoms with Crippen molar-refractivity contribution in [3.63, 3.8) is 0 Å². The first-order chi connectivity index (χ1) is 9.17. The molecule has 0 unspecified atom stereocenters. The number of hydrogen-bond donors (Lipinski definition) is 2. The van der Waals surface area contributed by atoms with Crippen LogP contribution in [0.4, 0.5) is 4.39 Å². The maximum absolute atomic E-state index is 13.1. The fourth-order valence-corrected chi connectivity index (χ4v) is 2.67. The molecule has 1 aromatic rings. The second kappa shape index (κ2) is 13.1. The van der Waals surface area contributed by atoms with E-state index in [-0.39, 0.29) is 5.82 Å². The highest BCUT2D eigenvalue weighted by atomic mass is 35.5. The Balaban J connectivity index is 0.000000459. The molecule has 110 valence electrons. The van der Waals surface area contributed by atoms with Crippen molar-refractivity contribution in [2.45, 2.75) is 25.5 Å². The van der Waals surface area contributed by atoms with Crippen LogP contribution in [0.1, 0.15) is 25.3 Å². The zero-order valence-corrected chi connectivity index (χ0v) is 13.5. The number of rotatable bonds is 7. The van der Waals surface area contributed by atoms with Crippen molar-refractivity contribution in [2.75, 3.05) is 18.1 Å². The van der Waals surface area contributed by atoms with Crippen molar-refractivity contribution in [3.05, 3.63) is 34.6 Å². The minimum absolute atomic E-state index is 0.239. The van der Waals surface area contributed by atoms with Crippen molar-refractivity contribution in [2.24, 2.45) is 5.73 Å². The molecule has 0 saturated carbocycles. The summed E-state index contributed by atoms with van der Waals surface area (Å²) in [5, 5.41) is 0.490. The normalized spacial score (nSPS) is 9.95. The molecule has 0 amide bonds. The van der Waals surface area contributed by atoms with Crippen LogP contribution in [0.3, 0.4) is 0 Å². The Hall–Kier alpha value is 0.0600. The van der Waals surface area contributed by atoms with Crippen molar-refractivity contribution < 1.29 is 8.94 Å². The molecule has 0 fully saturated rings. The average molecular weight is 326 g/mol. The van der Waals surface area contributed by atoms with Crippen molar-refractivity contribution >= 4 is 35.4 Å². The number of unbranched alkanes of at least 4 members (excludes halogenated alkanes) is 1. The molecule has 0 saturated heterocycles. The first-order valence-electron chi connectivity index (χ1n) is 6.14. The van der Waals surface area contributed by atoms with E-state index in [0.717, 1.165) is 30.0 Å². The molecule has 0 spiro atoms. The van der Waals surface area contributed by atoms with Crippen LogP contribution in [0.5, 0.6) is 0 Å². The molecule has 0 atom stereocenters. The van der Waals surface area contributed by atoms with Gasteiger partial charge in [-0.3, -0.25) is 0 Å². The lowest BCUT2D eigenvalue weighted by Gasteiger charge is -2.04. The van der Waals surface area contributed by atoms with Crippen molar-refractivity contribution in [1.29, 1.82) is 0 Å². The molecule has 19 heavy (non-hydrogen) atoms. The molecule has 0 aliphatic heterocycles. The highest BCUT2D eigenvalue weighted by molar-refractivity contribution is 7.98. The molecule has 6 heteroatoms. The van der Waals surface area contributed by atoms with Crippen LogP contribution in [-0.2, 0) is 5.75 Å². The summed E-state index contributed by atoms with van der Waals surface area (Å²) in [5.74, 6) is 2.06. The van der Waals surface area contributed by atoms with Crippen LogP contribution >= 0.6 is 35.4 Å². The number of benzene rings is 1. The molecule has 0 bridgehead atoms. The van der Waals surface area contributed by atoms with Gasteiger partial charge in [-0.25, -0.2) is 4.39 Å². The molecule has 1 rings (SSSR count). The summed E-state index contributed by atoms with van der Waals surface area (Å²) in [6.45, 7) is 2.72. The zero-order chi connectivity index (χ0) is 14.5. The van der Waals surface area contributed by atoms with Crippen LogP contribution in [0, 0.1) is 5.82 Å². The number of hydrogen-bond acceptors (Lipinski definition) is 4. The summed E-state index contributed by atoms with van der Waals surface area (Å²) in [7, 11) is 0. The van der Waals surface area contributed by atoms with Gasteiger partial charge in [0, 0.05) is 34.4 Å². The maximum atomic E-state index is 13.1. The lowest BCUT2D eigenvalue weighted by Crippen LogP contribution is -2.01. The van der Waals surface area contributed by atoms with Crippen molar-refractivity contribution in [1.82, 2.24) is 0 Å². The lowest BCUT2D eigenvalue weighted by atomic mass is 10.2. The summed E-state index contributed by atoms with van der Waals surface area (Å²) >= 11 is 8.34. The Bertz CT molecular complexity index is 318. The van der Waals surface area contributed by atoms with E-state index in [2.05, 4.69) is 6.92 Å². The second-order valence-corrected chi connectivity index (χ2v) is 5.91. The molecule has 0 aromatic heterocycles. The summed E-state index contributed by atoms with van der Waals surface area (Å²) in [6.07, 6.45) is 2.30. The predicted molar refractivity (Wildman–Crippen MR) is 86.6 cm³/mol. The smallest absolute Gasteiger partial charge is 0.128 e. The summed E-state index contributed by atoms with van der Waals surface area (Å²) in [4.78, 5) is 0. The third kappa shape index (κ3) is 9.57. The van der Waals surface area contributed by atoms with Crippen LogP contribution in [-0.4, -0.2) is 22.6 Å². The molecule has 0 aliphatic rings. The minimum Gasteiger partial charge on any atom is -0.330 e. The van der Waals surface area contributed by atoms with Gasteiger partial charge in [0.25, 0.3) is 0 Å². The predicted octanol–water partition coefficient (Wildman–Crippen LogP) is 4.66. The highest BCUT2D eigenvalue weighted by Gasteiger charge is 2.05. The number of nitrogens with two attached hydrogens (primary N) is 1. The molecule has 2 nitrogen and oxygen atoms in total. The van der Waals surface area contributed by atoms with E-state index >= 15 is 0 Å². The average Bonchev–Trinajstić information content (AvgIpc) is 2.41. The van der Waals surface area contributed by atoms with Crippen LogP contribution in [0.15, 0.2) is 18.2 Å². The van der Waals surface area contributed by atoms with E-state index in [9.17, 15) is 4.39 Å². The van der Waals surface area contributed by atoms with Crippen LogP contribution in [0.2, 0.25) is 5.02 Å². The second-order valence-electron chi connectivity index (χ2n) is 3.73. The Morgan fingerprint density at radius 2 is 2.11 bits per heavy atom. The van der Waals surface area contributed by atoms with Gasteiger partial charge >= 0.3 is 0 Å². The standard InChI is InChI=1S/C9H11ClFNS.C4H10OS/c10-8-2-1-3-9(11)7(8)6-13-5-4-12;1-2-3-4-6-5/h1-3H,4-6,12H2;5H,2-4H2,1H3. The third-order valence-corrected chi connectivity index (χ3v) is 4.00. The fourth-order valence-electron chi connectivity index (χ4n) is 1.14. The SMILES string of the molecule is CCCCSO.NCCSCc1c(F)cccc1Cl. The molecule has 0 heterocycles. The van der Waals surface area contributed by atoms with E-state index in [0.29, 0.717) is 22.9 Å². The largest absolute Gasteiger partial charge is 0.330 e. The van der Waals surface area contributed by atoms with E-state index in [4.69, 9.17) is 21.9 Å².